The van der Waals surface area contributed by atoms with Crippen molar-refractivity contribution in [2.24, 2.45) is 5.41 Å². The van der Waals surface area contributed by atoms with Crippen LogP contribution in [0.5, 0.6) is 0 Å². The maximum atomic E-state index is 12.5. The number of hydrogen-bond acceptors (Lipinski definition) is 2. The van der Waals surface area contributed by atoms with Crippen molar-refractivity contribution in [2.45, 2.75) is 60.0 Å². The second-order valence-corrected chi connectivity index (χ2v) is 6.51. The summed E-state index contributed by atoms with van der Waals surface area (Å²) in [4.78, 5) is 26.5. The van der Waals surface area contributed by atoms with Crippen LogP contribution in [0.2, 0.25) is 0 Å². The number of amides is 2. The van der Waals surface area contributed by atoms with E-state index in [2.05, 4.69) is 5.32 Å². The lowest BCUT2D eigenvalue weighted by Crippen LogP contribution is -2.66. The molecule has 0 aromatic rings. The van der Waals surface area contributed by atoms with Crippen molar-refractivity contribution in [3.63, 3.8) is 0 Å². The van der Waals surface area contributed by atoms with Gasteiger partial charge in [0.25, 0.3) is 0 Å². The van der Waals surface area contributed by atoms with E-state index in [4.69, 9.17) is 0 Å². The third-order valence-corrected chi connectivity index (χ3v) is 3.38. The molecular weight excluding hydrogens is 240 g/mol. The van der Waals surface area contributed by atoms with E-state index in [1.54, 1.807) is 4.90 Å². The van der Waals surface area contributed by atoms with E-state index in [1.165, 1.54) is 0 Å². The monoisotopic (exact) mass is 266 g/mol. The number of nitrogens with one attached hydrogen (secondary N) is 1. The highest BCUT2D eigenvalue weighted by Gasteiger charge is 2.44. The number of allylic oxidation sites excluding steroid dienone is 1. The second kappa shape index (κ2) is 5.76. The van der Waals surface area contributed by atoms with Gasteiger partial charge in [0.15, 0.2) is 0 Å². The second-order valence-electron chi connectivity index (χ2n) is 6.51. The number of piperazine rings is 1. The van der Waals surface area contributed by atoms with Gasteiger partial charge in [-0.25, -0.2) is 0 Å². The van der Waals surface area contributed by atoms with Crippen LogP contribution >= 0.6 is 0 Å². The Kier molecular flexibility index (Phi) is 4.77. The Bertz CT molecular complexity index is 389. The number of carbonyl (C=O) groups is 2. The van der Waals surface area contributed by atoms with Gasteiger partial charge in [-0.05, 0) is 25.7 Å². The molecule has 108 valence electrons. The quantitative estimate of drug-likeness (QED) is 0.795. The normalized spacial score (nSPS) is 24.2. The lowest BCUT2D eigenvalue weighted by Gasteiger charge is -2.44. The van der Waals surface area contributed by atoms with Crippen molar-refractivity contribution >= 4 is 11.8 Å². The van der Waals surface area contributed by atoms with Crippen LogP contribution in [0.1, 0.15) is 48.0 Å². The molecule has 2 atom stereocenters. The molecule has 0 radical (unpaired) electrons. The molecule has 0 bridgehead atoms. The molecule has 1 N–H and O–H groups in total. The molecule has 0 aromatic carbocycles. The maximum absolute atomic E-state index is 12.5. The molecule has 1 aliphatic heterocycles. The van der Waals surface area contributed by atoms with Crippen molar-refractivity contribution in [1.82, 2.24) is 10.2 Å². The van der Waals surface area contributed by atoms with Gasteiger partial charge in [0, 0.05) is 6.54 Å². The van der Waals surface area contributed by atoms with Gasteiger partial charge < -0.3 is 10.2 Å². The zero-order valence-electron chi connectivity index (χ0n) is 12.9. The first-order valence-electron chi connectivity index (χ1n) is 6.92. The largest absolute Gasteiger partial charge is 0.342 e. The van der Waals surface area contributed by atoms with Crippen LogP contribution in [0.4, 0.5) is 0 Å². The van der Waals surface area contributed by atoms with Gasteiger partial charge in [0.1, 0.15) is 12.1 Å². The molecule has 2 unspecified atom stereocenters. The minimum absolute atomic E-state index is 0.0273. The minimum Gasteiger partial charge on any atom is -0.342 e. The van der Waals surface area contributed by atoms with Gasteiger partial charge in [-0.2, -0.15) is 0 Å². The third kappa shape index (κ3) is 3.58. The molecule has 1 fully saturated rings. The number of nitrogens with zero attached hydrogens (tertiary/aromatic N) is 1. The molecule has 1 heterocycles. The fourth-order valence-electron chi connectivity index (χ4n) is 2.40. The molecule has 19 heavy (non-hydrogen) atoms. The SMILES string of the molecule is CCC1NC(=O)C(C(C)(C)C)N(CC=C(C)C)C1=O. The molecule has 1 aliphatic rings. The standard InChI is InChI=1S/C15H26N2O2/c1-7-11-14(19)17(9-8-10(2)3)12(13(18)16-11)15(4,5)6/h8,11-12H,7,9H2,1-6H3,(H,16,18). The van der Waals surface area contributed by atoms with E-state index in [9.17, 15) is 9.59 Å². The topological polar surface area (TPSA) is 49.4 Å². The molecule has 0 aromatic heterocycles. The van der Waals surface area contributed by atoms with Crippen LogP contribution < -0.4 is 5.32 Å². The Morgan fingerprint density at radius 1 is 1.32 bits per heavy atom. The lowest BCUT2D eigenvalue weighted by atomic mass is 9.83. The predicted molar refractivity (Wildman–Crippen MR) is 76.6 cm³/mol. The first kappa shape index (κ1) is 15.7. The minimum atomic E-state index is -0.404. The molecule has 0 saturated carbocycles. The zero-order chi connectivity index (χ0) is 14.8. The van der Waals surface area contributed by atoms with Gasteiger partial charge in [0.05, 0.1) is 0 Å². The van der Waals surface area contributed by atoms with Gasteiger partial charge in [-0.15, -0.1) is 0 Å². The van der Waals surface area contributed by atoms with E-state index < -0.39 is 6.04 Å². The summed E-state index contributed by atoms with van der Waals surface area (Å²) in [6.07, 6.45) is 2.63. The van der Waals surface area contributed by atoms with E-state index in [-0.39, 0.29) is 23.3 Å². The van der Waals surface area contributed by atoms with Gasteiger partial charge in [-0.3, -0.25) is 9.59 Å². The highest BCUT2D eigenvalue weighted by Crippen LogP contribution is 2.28. The summed E-state index contributed by atoms with van der Waals surface area (Å²) in [6.45, 7) is 12.4. The summed E-state index contributed by atoms with van der Waals surface area (Å²) >= 11 is 0. The molecule has 0 aliphatic carbocycles. The summed E-state index contributed by atoms with van der Waals surface area (Å²) in [5.74, 6) is -0.0133. The van der Waals surface area contributed by atoms with E-state index in [1.807, 2.05) is 47.6 Å². The highest BCUT2D eigenvalue weighted by atomic mass is 16.2. The summed E-state index contributed by atoms with van der Waals surface area (Å²) in [5.41, 5.74) is 0.882. The van der Waals surface area contributed by atoms with Crippen LogP contribution in [-0.4, -0.2) is 35.3 Å². The zero-order valence-corrected chi connectivity index (χ0v) is 12.9. The summed E-state index contributed by atoms with van der Waals surface area (Å²) < 4.78 is 0. The number of hydrogen-bond donors (Lipinski definition) is 1. The highest BCUT2D eigenvalue weighted by molar-refractivity contribution is 5.97. The fourth-order valence-corrected chi connectivity index (χ4v) is 2.40. The molecule has 0 spiro atoms. The molecule has 4 nitrogen and oxygen atoms in total. The van der Waals surface area contributed by atoms with E-state index >= 15 is 0 Å². The lowest BCUT2D eigenvalue weighted by molar-refractivity contribution is -0.153. The molecule has 1 saturated heterocycles. The van der Waals surface area contributed by atoms with Crippen LogP contribution in [0, 0.1) is 5.41 Å². The Hall–Kier alpha value is -1.32. The Morgan fingerprint density at radius 3 is 2.32 bits per heavy atom. The van der Waals surface area contributed by atoms with Crippen molar-refractivity contribution in [1.29, 1.82) is 0 Å². The summed E-state index contributed by atoms with van der Waals surface area (Å²) in [6, 6.07) is -0.782. The average molecular weight is 266 g/mol. The Balaban J connectivity index is 3.08. The number of rotatable bonds is 3. The van der Waals surface area contributed by atoms with Gasteiger partial charge in [-0.1, -0.05) is 39.3 Å². The van der Waals surface area contributed by atoms with Crippen molar-refractivity contribution in [3.05, 3.63) is 11.6 Å². The Labute approximate surface area is 116 Å². The summed E-state index contributed by atoms with van der Waals surface area (Å²) in [5, 5.41) is 2.84. The summed E-state index contributed by atoms with van der Waals surface area (Å²) in [7, 11) is 0. The van der Waals surface area contributed by atoms with Crippen molar-refractivity contribution in [2.75, 3.05) is 6.54 Å². The van der Waals surface area contributed by atoms with E-state index in [0.717, 1.165) is 5.57 Å². The molecule has 4 heteroatoms. The molecule has 2 amide bonds. The van der Waals surface area contributed by atoms with Crippen molar-refractivity contribution < 1.29 is 9.59 Å². The maximum Gasteiger partial charge on any atom is 0.246 e. The van der Waals surface area contributed by atoms with Crippen molar-refractivity contribution in [3.8, 4) is 0 Å². The van der Waals surface area contributed by atoms with Gasteiger partial charge in [0.2, 0.25) is 11.8 Å². The van der Waals surface area contributed by atoms with Crippen LogP contribution in [0.3, 0.4) is 0 Å². The predicted octanol–water partition coefficient (Wildman–Crippen LogP) is 2.10. The smallest absolute Gasteiger partial charge is 0.246 e. The van der Waals surface area contributed by atoms with Crippen LogP contribution in [0.15, 0.2) is 11.6 Å². The Morgan fingerprint density at radius 2 is 1.89 bits per heavy atom. The third-order valence-electron chi connectivity index (χ3n) is 3.38. The first-order valence-corrected chi connectivity index (χ1v) is 6.92. The van der Waals surface area contributed by atoms with Crippen LogP contribution in [0.25, 0.3) is 0 Å². The molecule has 1 rings (SSSR count). The fraction of sp³-hybridized carbons (Fsp3) is 0.733. The van der Waals surface area contributed by atoms with Gasteiger partial charge >= 0.3 is 0 Å². The average Bonchev–Trinajstić information content (AvgIpc) is 2.27. The molecular formula is C15H26N2O2. The van der Waals surface area contributed by atoms with E-state index in [0.29, 0.717) is 13.0 Å². The first-order chi connectivity index (χ1) is 8.68. The van der Waals surface area contributed by atoms with Crippen LogP contribution in [-0.2, 0) is 9.59 Å². The number of carbonyl (C=O) groups excluding carboxylic acids is 2.